The van der Waals surface area contributed by atoms with E-state index in [0.717, 1.165) is 37.2 Å². The highest BCUT2D eigenvalue weighted by atomic mass is 19.3. The summed E-state index contributed by atoms with van der Waals surface area (Å²) >= 11 is 0. The van der Waals surface area contributed by atoms with E-state index in [1.54, 1.807) is 0 Å². The van der Waals surface area contributed by atoms with E-state index in [0.29, 0.717) is 19.7 Å². The van der Waals surface area contributed by atoms with Crippen LogP contribution in [0.15, 0.2) is 24.3 Å². The highest BCUT2D eigenvalue weighted by molar-refractivity contribution is 5.74. The molecule has 1 aromatic rings. The van der Waals surface area contributed by atoms with Gasteiger partial charge in [0.15, 0.2) is 0 Å². The average molecular weight is 384 g/mol. The molecule has 0 saturated carbocycles. The number of hydrogen-bond acceptors (Lipinski definition) is 4. The first kappa shape index (κ1) is 20.0. The second-order valence-electron chi connectivity index (χ2n) is 6.79. The predicted molar refractivity (Wildman–Crippen MR) is 94.6 cm³/mol. The molecule has 1 atom stereocenters. The van der Waals surface area contributed by atoms with Crippen LogP contribution in [0.4, 0.5) is 13.6 Å². The highest BCUT2D eigenvalue weighted by Crippen LogP contribution is 2.15. The summed E-state index contributed by atoms with van der Waals surface area (Å²) in [6, 6.07) is 7.46. The highest BCUT2D eigenvalue weighted by Gasteiger charge is 2.30. The Hall–Kier alpha value is -1.77. The Morgan fingerprint density at radius 1 is 1.26 bits per heavy atom. The van der Waals surface area contributed by atoms with Crippen LogP contribution in [0, 0.1) is 0 Å². The van der Waals surface area contributed by atoms with Gasteiger partial charge in [0.25, 0.3) is 6.43 Å². The zero-order chi connectivity index (χ0) is 19.1. The molecule has 2 amide bonds. The minimum atomic E-state index is -2.59. The first-order chi connectivity index (χ1) is 13.1. The molecule has 3 rings (SSSR count). The minimum absolute atomic E-state index is 0.0948. The van der Waals surface area contributed by atoms with E-state index >= 15 is 0 Å². The predicted octanol–water partition coefficient (Wildman–Crippen LogP) is 2.56. The Morgan fingerprint density at radius 3 is 2.81 bits per heavy atom. The molecule has 2 fully saturated rings. The summed E-state index contributed by atoms with van der Waals surface area (Å²) in [6.45, 7) is 2.68. The van der Waals surface area contributed by atoms with Gasteiger partial charge in [-0.05, 0) is 24.0 Å². The van der Waals surface area contributed by atoms with Gasteiger partial charge in [-0.1, -0.05) is 24.3 Å². The molecule has 27 heavy (non-hydrogen) atoms. The number of amides is 2. The quantitative estimate of drug-likeness (QED) is 0.819. The number of hydrogen-bond donors (Lipinski definition) is 1. The van der Waals surface area contributed by atoms with Gasteiger partial charge in [0, 0.05) is 26.3 Å². The molecule has 2 saturated heterocycles. The fourth-order valence-electron chi connectivity index (χ4n) is 3.19. The van der Waals surface area contributed by atoms with E-state index in [4.69, 9.17) is 14.2 Å². The maximum absolute atomic E-state index is 12.8. The van der Waals surface area contributed by atoms with Crippen molar-refractivity contribution in [3.05, 3.63) is 35.4 Å². The Bertz CT molecular complexity index is 611. The second-order valence-corrected chi connectivity index (χ2v) is 6.79. The summed E-state index contributed by atoms with van der Waals surface area (Å²) < 4.78 is 41.7. The van der Waals surface area contributed by atoms with E-state index in [2.05, 4.69) is 5.32 Å². The van der Waals surface area contributed by atoms with Gasteiger partial charge < -0.3 is 24.4 Å². The Labute approximate surface area is 157 Å². The van der Waals surface area contributed by atoms with Crippen LogP contribution in [0.25, 0.3) is 0 Å². The molecule has 2 aliphatic heterocycles. The number of nitrogens with one attached hydrogen (secondary N) is 1. The molecular formula is C19H26F2N2O4. The van der Waals surface area contributed by atoms with E-state index in [9.17, 15) is 13.6 Å². The maximum Gasteiger partial charge on any atom is 0.317 e. The summed E-state index contributed by atoms with van der Waals surface area (Å²) in [6.07, 6.45) is -1.75. The summed E-state index contributed by atoms with van der Waals surface area (Å²) in [5, 5.41) is 2.79. The van der Waals surface area contributed by atoms with Crippen LogP contribution in [0.2, 0.25) is 0 Å². The van der Waals surface area contributed by atoms with Gasteiger partial charge >= 0.3 is 6.03 Å². The molecule has 6 nitrogen and oxygen atoms in total. The van der Waals surface area contributed by atoms with Crippen molar-refractivity contribution in [2.24, 2.45) is 0 Å². The van der Waals surface area contributed by atoms with E-state index < -0.39 is 12.5 Å². The molecule has 0 unspecified atom stereocenters. The number of nitrogens with zero attached hydrogens (tertiary/aromatic N) is 1. The van der Waals surface area contributed by atoms with Gasteiger partial charge in [-0.25, -0.2) is 13.6 Å². The monoisotopic (exact) mass is 384 g/mol. The Balaban J connectivity index is 1.45. The van der Waals surface area contributed by atoms with E-state index in [1.807, 2.05) is 24.3 Å². The number of benzene rings is 1. The number of urea groups is 1. The van der Waals surface area contributed by atoms with Crippen molar-refractivity contribution in [3.8, 4) is 0 Å². The fraction of sp³-hybridized carbons (Fsp3) is 0.632. The Kier molecular flexibility index (Phi) is 7.37. The number of carbonyl (C=O) groups is 1. The third-order valence-electron chi connectivity index (χ3n) is 4.75. The largest absolute Gasteiger partial charge is 0.381 e. The van der Waals surface area contributed by atoms with Crippen LogP contribution in [0.3, 0.4) is 0 Å². The third-order valence-corrected chi connectivity index (χ3v) is 4.75. The van der Waals surface area contributed by atoms with Crippen molar-refractivity contribution in [2.75, 3.05) is 32.9 Å². The van der Waals surface area contributed by atoms with E-state index in [-0.39, 0.29) is 25.3 Å². The number of alkyl halides is 2. The van der Waals surface area contributed by atoms with Gasteiger partial charge in [0.05, 0.1) is 25.9 Å². The number of halogens is 2. The molecular weight excluding hydrogens is 358 g/mol. The van der Waals surface area contributed by atoms with Crippen molar-refractivity contribution in [3.63, 3.8) is 0 Å². The standard InChI is InChI=1S/C19H26F2N2O4/c20-18(21)17-12-23(6-9-26-17)19(24)22-11-14-2-1-3-15(10-14)13-27-16-4-7-25-8-5-16/h1-3,10,16-18H,4-9,11-13H2,(H,22,24)/t17-/m0/s1. The van der Waals surface area contributed by atoms with Crippen molar-refractivity contribution < 1.29 is 27.8 Å². The summed E-state index contributed by atoms with van der Waals surface area (Å²) in [7, 11) is 0. The molecule has 150 valence electrons. The summed E-state index contributed by atoms with van der Waals surface area (Å²) in [4.78, 5) is 13.6. The van der Waals surface area contributed by atoms with Gasteiger partial charge in [-0.3, -0.25) is 0 Å². The maximum atomic E-state index is 12.8. The summed E-state index contributed by atoms with van der Waals surface area (Å²) in [5.74, 6) is 0. The molecule has 0 spiro atoms. The fourth-order valence-corrected chi connectivity index (χ4v) is 3.19. The first-order valence-electron chi connectivity index (χ1n) is 9.31. The minimum Gasteiger partial charge on any atom is -0.381 e. The lowest BCUT2D eigenvalue weighted by atomic mass is 10.1. The molecule has 2 aliphatic rings. The molecule has 1 aromatic carbocycles. The van der Waals surface area contributed by atoms with E-state index in [1.165, 1.54) is 4.90 Å². The van der Waals surface area contributed by atoms with Gasteiger partial charge in [0.1, 0.15) is 6.10 Å². The number of morpholine rings is 1. The zero-order valence-electron chi connectivity index (χ0n) is 15.2. The lowest BCUT2D eigenvalue weighted by Crippen LogP contribution is -2.51. The third kappa shape index (κ3) is 6.12. The molecule has 8 heteroatoms. The second kappa shape index (κ2) is 9.96. The van der Waals surface area contributed by atoms with Gasteiger partial charge in [-0.2, -0.15) is 0 Å². The van der Waals surface area contributed by atoms with Crippen LogP contribution in [-0.2, 0) is 27.4 Å². The average Bonchev–Trinajstić information content (AvgIpc) is 2.71. The molecule has 1 N–H and O–H groups in total. The van der Waals surface area contributed by atoms with Crippen molar-refractivity contribution in [2.45, 2.75) is 44.6 Å². The molecule has 2 heterocycles. The van der Waals surface area contributed by atoms with Gasteiger partial charge in [-0.15, -0.1) is 0 Å². The van der Waals surface area contributed by atoms with Crippen molar-refractivity contribution in [1.82, 2.24) is 10.2 Å². The smallest absolute Gasteiger partial charge is 0.317 e. The van der Waals surface area contributed by atoms with Crippen LogP contribution < -0.4 is 5.32 Å². The first-order valence-corrected chi connectivity index (χ1v) is 9.31. The number of ether oxygens (including phenoxy) is 3. The van der Waals surface area contributed by atoms with Crippen LogP contribution in [-0.4, -0.2) is 62.5 Å². The molecule has 0 aliphatic carbocycles. The SMILES string of the molecule is O=C(NCc1cccc(COC2CCOCC2)c1)N1CCO[C@H](C(F)F)C1. The van der Waals surface area contributed by atoms with Crippen molar-refractivity contribution in [1.29, 1.82) is 0 Å². The zero-order valence-corrected chi connectivity index (χ0v) is 15.2. The summed E-state index contributed by atoms with van der Waals surface area (Å²) in [5.41, 5.74) is 1.98. The van der Waals surface area contributed by atoms with Crippen LogP contribution in [0.5, 0.6) is 0 Å². The van der Waals surface area contributed by atoms with Crippen molar-refractivity contribution >= 4 is 6.03 Å². The van der Waals surface area contributed by atoms with Crippen LogP contribution in [0.1, 0.15) is 24.0 Å². The van der Waals surface area contributed by atoms with Crippen LogP contribution >= 0.6 is 0 Å². The van der Waals surface area contributed by atoms with Gasteiger partial charge in [0.2, 0.25) is 0 Å². The normalized spacial score (nSPS) is 21.4. The Morgan fingerprint density at radius 2 is 2.04 bits per heavy atom. The lowest BCUT2D eigenvalue weighted by molar-refractivity contribution is -0.0925. The molecule has 0 bridgehead atoms. The molecule has 0 radical (unpaired) electrons. The lowest BCUT2D eigenvalue weighted by Gasteiger charge is -2.32. The molecule has 0 aromatic heterocycles. The number of rotatable bonds is 6. The topological polar surface area (TPSA) is 60.0 Å². The number of carbonyl (C=O) groups excluding carboxylic acids is 1.